The molecular weight excluding hydrogens is 372 g/mol. The van der Waals surface area contributed by atoms with Gasteiger partial charge in [0.2, 0.25) is 29.0 Å². The zero-order chi connectivity index (χ0) is 20.1. The topological polar surface area (TPSA) is 124 Å². The van der Waals surface area contributed by atoms with Gasteiger partial charge >= 0.3 is 0 Å². The van der Waals surface area contributed by atoms with Crippen molar-refractivity contribution in [1.82, 2.24) is 9.97 Å². The van der Waals surface area contributed by atoms with E-state index in [1.165, 1.54) is 0 Å². The molecule has 146 valence electrons. The number of nitriles is 2. The van der Waals surface area contributed by atoms with Crippen molar-refractivity contribution in [2.24, 2.45) is 0 Å². The second-order valence-electron chi connectivity index (χ2n) is 6.32. The predicted molar refractivity (Wildman–Crippen MR) is 103 cm³/mol. The molecule has 3 heterocycles. The van der Waals surface area contributed by atoms with Crippen LogP contribution in [0.25, 0.3) is 11.5 Å². The van der Waals surface area contributed by atoms with E-state index in [0.29, 0.717) is 62.8 Å². The number of morpholine rings is 1. The van der Waals surface area contributed by atoms with Gasteiger partial charge in [-0.1, -0.05) is 18.2 Å². The fourth-order valence-corrected chi connectivity index (χ4v) is 3.02. The van der Waals surface area contributed by atoms with E-state index in [1.54, 1.807) is 0 Å². The van der Waals surface area contributed by atoms with Crippen molar-refractivity contribution in [2.45, 2.75) is 6.42 Å². The Labute approximate surface area is 167 Å². The van der Waals surface area contributed by atoms with Gasteiger partial charge in [0.1, 0.15) is 12.1 Å². The quantitative estimate of drug-likeness (QED) is 0.676. The summed E-state index contributed by atoms with van der Waals surface area (Å²) in [6, 6.07) is 13.5. The fourth-order valence-electron chi connectivity index (χ4n) is 3.02. The molecule has 29 heavy (non-hydrogen) atoms. The standard InChI is InChI=1S/C20H18N6O3/c21-12-15-19(29-18(25-15)14-4-2-1-3-5-14)23-7-6-17-24-16(13-22)20(28-17)26-8-10-27-11-9-26/h1-5,23H,6-11H2. The zero-order valence-electron chi connectivity index (χ0n) is 15.6. The van der Waals surface area contributed by atoms with Gasteiger partial charge in [0.25, 0.3) is 0 Å². The van der Waals surface area contributed by atoms with Crippen LogP contribution in [0.1, 0.15) is 17.3 Å². The first kappa shape index (κ1) is 18.5. The minimum atomic E-state index is 0.183. The van der Waals surface area contributed by atoms with Gasteiger partial charge in [-0.2, -0.15) is 15.5 Å². The molecule has 1 saturated heterocycles. The first-order valence-corrected chi connectivity index (χ1v) is 9.21. The number of rotatable bonds is 6. The van der Waals surface area contributed by atoms with E-state index in [0.717, 1.165) is 5.56 Å². The molecule has 0 saturated carbocycles. The van der Waals surface area contributed by atoms with Crippen molar-refractivity contribution in [3.8, 4) is 23.6 Å². The molecule has 0 amide bonds. The minimum absolute atomic E-state index is 0.183. The number of anilines is 2. The molecular formula is C20H18N6O3. The average Bonchev–Trinajstić information content (AvgIpc) is 3.39. The molecule has 9 heteroatoms. The van der Waals surface area contributed by atoms with Crippen LogP contribution in [0, 0.1) is 22.7 Å². The van der Waals surface area contributed by atoms with E-state index in [4.69, 9.17) is 13.6 Å². The lowest BCUT2D eigenvalue weighted by atomic mass is 10.2. The number of nitrogens with one attached hydrogen (secondary N) is 1. The molecule has 0 aliphatic carbocycles. The molecule has 0 radical (unpaired) electrons. The Morgan fingerprint density at radius 2 is 1.76 bits per heavy atom. The van der Waals surface area contributed by atoms with Gasteiger partial charge in [-0.15, -0.1) is 0 Å². The fraction of sp³-hybridized carbons (Fsp3) is 0.300. The number of ether oxygens (including phenoxy) is 1. The molecule has 1 N–H and O–H groups in total. The Morgan fingerprint density at radius 3 is 2.48 bits per heavy atom. The van der Waals surface area contributed by atoms with Crippen LogP contribution in [-0.2, 0) is 11.2 Å². The number of aromatic nitrogens is 2. The molecule has 1 fully saturated rings. The van der Waals surface area contributed by atoms with Gasteiger partial charge in [0.15, 0.2) is 5.89 Å². The highest BCUT2D eigenvalue weighted by molar-refractivity contribution is 5.58. The van der Waals surface area contributed by atoms with E-state index in [9.17, 15) is 10.5 Å². The van der Waals surface area contributed by atoms with Gasteiger partial charge in [0.05, 0.1) is 13.2 Å². The van der Waals surface area contributed by atoms with E-state index in [-0.39, 0.29) is 11.4 Å². The van der Waals surface area contributed by atoms with E-state index in [2.05, 4.69) is 21.4 Å². The summed E-state index contributed by atoms with van der Waals surface area (Å²) in [7, 11) is 0. The molecule has 4 rings (SSSR count). The Bertz CT molecular complexity index is 1050. The van der Waals surface area contributed by atoms with E-state index in [1.807, 2.05) is 41.3 Å². The number of hydrogen-bond acceptors (Lipinski definition) is 9. The predicted octanol–water partition coefficient (Wildman–Crippen LogP) is 2.56. The molecule has 0 spiro atoms. The second kappa shape index (κ2) is 8.46. The molecule has 1 aliphatic heterocycles. The highest BCUT2D eigenvalue weighted by Gasteiger charge is 2.21. The summed E-state index contributed by atoms with van der Waals surface area (Å²) in [6.07, 6.45) is 0.422. The van der Waals surface area contributed by atoms with Crippen LogP contribution >= 0.6 is 0 Å². The van der Waals surface area contributed by atoms with Crippen molar-refractivity contribution >= 4 is 11.8 Å². The average molecular weight is 390 g/mol. The van der Waals surface area contributed by atoms with Crippen LogP contribution in [0.2, 0.25) is 0 Å². The molecule has 0 bridgehead atoms. The lowest BCUT2D eigenvalue weighted by molar-refractivity contribution is 0.120. The summed E-state index contributed by atoms with van der Waals surface area (Å²) in [4.78, 5) is 10.5. The summed E-state index contributed by atoms with van der Waals surface area (Å²) in [5.41, 5.74) is 1.24. The van der Waals surface area contributed by atoms with E-state index >= 15 is 0 Å². The Hall–Kier alpha value is -3.82. The van der Waals surface area contributed by atoms with Crippen molar-refractivity contribution in [1.29, 1.82) is 10.5 Å². The Balaban J connectivity index is 1.43. The Kier molecular flexibility index (Phi) is 5.41. The maximum absolute atomic E-state index is 9.34. The summed E-state index contributed by atoms with van der Waals surface area (Å²) >= 11 is 0. The zero-order valence-corrected chi connectivity index (χ0v) is 15.6. The third-order valence-electron chi connectivity index (χ3n) is 4.44. The second-order valence-corrected chi connectivity index (χ2v) is 6.32. The summed E-state index contributed by atoms with van der Waals surface area (Å²) in [5, 5.41) is 21.7. The van der Waals surface area contributed by atoms with Gasteiger partial charge in [0, 0.05) is 31.6 Å². The van der Waals surface area contributed by atoms with Crippen LogP contribution in [0.5, 0.6) is 0 Å². The SMILES string of the molecule is N#Cc1nc(-c2ccccc2)oc1NCCc1nc(C#N)c(N2CCOCC2)o1. The van der Waals surface area contributed by atoms with Crippen molar-refractivity contribution in [2.75, 3.05) is 43.1 Å². The first-order chi connectivity index (χ1) is 14.3. The monoisotopic (exact) mass is 390 g/mol. The molecule has 0 atom stereocenters. The molecule has 0 unspecified atom stereocenters. The van der Waals surface area contributed by atoms with Crippen molar-refractivity contribution in [3.63, 3.8) is 0 Å². The maximum Gasteiger partial charge on any atom is 0.234 e. The third-order valence-corrected chi connectivity index (χ3v) is 4.44. The number of nitrogens with zero attached hydrogens (tertiary/aromatic N) is 5. The summed E-state index contributed by atoms with van der Waals surface area (Å²) in [5.74, 6) is 1.60. The molecule has 1 aromatic carbocycles. The highest BCUT2D eigenvalue weighted by atomic mass is 16.5. The Morgan fingerprint density at radius 1 is 1.00 bits per heavy atom. The molecule has 3 aromatic rings. The first-order valence-electron chi connectivity index (χ1n) is 9.21. The van der Waals surface area contributed by atoms with Gasteiger partial charge < -0.3 is 23.8 Å². The van der Waals surface area contributed by atoms with Crippen molar-refractivity contribution < 1.29 is 13.6 Å². The largest absolute Gasteiger partial charge is 0.424 e. The van der Waals surface area contributed by atoms with Crippen LogP contribution in [-0.4, -0.2) is 42.8 Å². The van der Waals surface area contributed by atoms with Crippen LogP contribution < -0.4 is 10.2 Å². The highest BCUT2D eigenvalue weighted by Crippen LogP contribution is 2.26. The number of benzene rings is 1. The van der Waals surface area contributed by atoms with Crippen LogP contribution in [0.3, 0.4) is 0 Å². The smallest absolute Gasteiger partial charge is 0.234 e. The van der Waals surface area contributed by atoms with Gasteiger partial charge in [-0.25, -0.2) is 4.98 Å². The normalized spacial score (nSPS) is 13.7. The number of hydrogen-bond donors (Lipinski definition) is 1. The maximum atomic E-state index is 9.34. The third kappa shape index (κ3) is 4.05. The molecule has 9 nitrogen and oxygen atoms in total. The van der Waals surface area contributed by atoms with Gasteiger partial charge in [-0.3, -0.25) is 0 Å². The van der Waals surface area contributed by atoms with E-state index < -0.39 is 0 Å². The molecule has 2 aromatic heterocycles. The lowest BCUT2D eigenvalue weighted by Crippen LogP contribution is -2.36. The molecule has 1 aliphatic rings. The minimum Gasteiger partial charge on any atom is -0.424 e. The number of oxazole rings is 2. The summed E-state index contributed by atoms with van der Waals surface area (Å²) < 4.78 is 16.8. The van der Waals surface area contributed by atoms with Crippen molar-refractivity contribution in [3.05, 3.63) is 47.6 Å². The van der Waals surface area contributed by atoms with Crippen LogP contribution in [0.15, 0.2) is 39.2 Å². The summed E-state index contributed by atoms with van der Waals surface area (Å²) in [6.45, 7) is 2.91. The van der Waals surface area contributed by atoms with Gasteiger partial charge in [-0.05, 0) is 12.1 Å². The van der Waals surface area contributed by atoms with Crippen LogP contribution in [0.4, 0.5) is 11.8 Å². The lowest BCUT2D eigenvalue weighted by Gasteiger charge is -2.25.